The van der Waals surface area contributed by atoms with Crippen LogP contribution in [0.15, 0.2) is 59.8 Å². The summed E-state index contributed by atoms with van der Waals surface area (Å²) >= 11 is 0. The highest BCUT2D eigenvalue weighted by Gasteiger charge is 2.55. The second-order valence-corrected chi connectivity index (χ2v) is 8.00. The van der Waals surface area contributed by atoms with E-state index in [9.17, 15) is 22.8 Å². The van der Waals surface area contributed by atoms with Gasteiger partial charge in [-0.15, -0.1) is 0 Å². The molecule has 0 unspecified atom stereocenters. The monoisotopic (exact) mass is 456 g/mol. The molecule has 0 radical (unpaired) electrons. The van der Waals surface area contributed by atoms with E-state index in [1.807, 2.05) is 0 Å². The van der Waals surface area contributed by atoms with Gasteiger partial charge in [-0.2, -0.15) is 13.2 Å². The van der Waals surface area contributed by atoms with E-state index in [0.29, 0.717) is 23.5 Å². The largest absolute Gasteiger partial charge is 0.393 e. The third kappa shape index (κ3) is 4.44. The van der Waals surface area contributed by atoms with Gasteiger partial charge in [-0.3, -0.25) is 14.0 Å². The summed E-state index contributed by atoms with van der Waals surface area (Å²) in [6.45, 7) is 0.444. The summed E-state index contributed by atoms with van der Waals surface area (Å²) < 4.78 is 41.1. The maximum Gasteiger partial charge on any atom is 0.393 e. The first kappa shape index (κ1) is 21.1. The molecule has 0 aliphatic heterocycles. The second kappa shape index (κ2) is 8.00. The first-order chi connectivity index (χ1) is 15.8. The quantitative estimate of drug-likeness (QED) is 0.465. The third-order valence-electron chi connectivity index (χ3n) is 5.58. The number of hydrogen-bond acceptors (Lipinski definition) is 5. The molecule has 1 aliphatic rings. The molecular formula is C22H19F3N6O2. The highest BCUT2D eigenvalue weighted by atomic mass is 19.4. The Hall–Kier alpha value is -3.73. The standard InChI is InChI=1S/C22H19F3N6O2/c23-22(24,25)15-7-16(15)26-9-13-4-5-18-28-14(12-30(18)11-13)10-27-21(33)17-8-20(32)31-6-2-1-3-19(31)29-17/h1-6,8,11-12,15-16,26H,7,9-10H2,(H,27,33)/t15-,16-/m1/s1. The molecule has 5 rings (SSSR count). The lowest BCUT2D eigenvalue weighted by molar-refractivity contribution is -0.149. The van der Waals surface area contributed by atoms with Crippen molar-refractivity contribution < 1.29 is 18.0 Å². The molecule has 1 saturated carbocycles. The fourth-order valence-corrected chi connectivity index (χ4v) is 3.74. The molecule has 0 bridgehead atoms. The average molecular weight is 456 g/mol. The van der Waals surface area contributed by atoms with E-state index in [1.165, 1.54) is 10.5 Å². The van der Waals surface area contributed by atoms with Crippen LogP contribution in [-0.4, -0.2) is 36.9 Å². The molecule has 4 aromatic rings. The Morgan fingerprint density at radius 2 is 1.94 bits per heavy atom. The van der Waals surface area contributed by atoms with Crippen LogP contribution >= 0.6 is 0 Å². The second-order valence-electron chi connectivity index (χ2n) is 8.00. The van der Waals surface area contributed by atoms with Crippen LogP contribution in [0.2, 0.25) is 0 Å². The summed E-state index contributed by atoms with van der Waals surface area (Å²) in [4.78, 5) is 33.3. The number of pyridine rings is 2. The number of imidazole rings is 1. The number of hydrogen-bond donors (Lipinski definition) is 2. The molecule has 33 heavy (non-hydrogen) atoms. The molecule has 170 valence electrons. The summed E-state index contributed by atoms with van der Waals surface area (Å²) in [5.74, 6) is -1.76. The van der Waals surface area contributed by atoms with Gasteiger partial charge in [0.25, 0.3) is 11.5 Å². The Labute approximate surface area is 185 Å². The molecule has 1 fully saturated rings. The van der Waals surface area contributed by atoms with Gasteiger partial charge in [0.1, 0.15) is 17.0 Å². The van der Waals surface area contributed by atoms with Gasteiger partial charge in [0.15, 0.2) is 0 Å². The first-order valence-corrected chi connectivity index (χ1v) is 10.3. The number of nitrogens with zero attached hydrogens (tertiary/aromatic N) is 4. The Morgan fingerprint density at radius 3 is 2.73 bits per heavy atom. The molecule has 8 nitrogen and oxygen atoms in total. The minimum Gasteiger partial charge on any atom is -0.345 e. The van der Waals surface area contributed by atoms with Gasteiger partial charge in [0, 0.05) is 37.2 Å². The van der Waals surface area contributed by atoms with Crippen molar-refractivity contribution in [2.24, 2.45) is 5.92 Å². The smallest absolute Gasteiger partial charge is 0.345 e. The highest BCUT2D eigenvalue weighted by Crippen LogP contribution is 2.44. The molecule has 4 heterocycles. The minimum absolute atomic E-state index is 0.0144. The van der Waals surface area contributed by atoms with Crippen molar-refractivity contribution in [3.8, 4) is 0 Å². The zero-order valence-electron chi connectivity index (χ0n) is 17.2. The van der Waals surface area contributed by atoms with Crippen LogP contribution in [0.25, 0.3) is 11.3 Å². The van der Waals surface area contributed by atoms with Crippen molar-refractivity contribution in [1.29, 1.82) is 0 Å². The van der Waals surface area contributed by atoms with Crippen LogP contribution in [0.5, 0.6) is 0 Å². The van der Waals surface area contributed by atoms with E-state index in [1.54, 1.807) is 53.3 Å². The lowest BCUT2D eigenvalue weighted by Gasteiger charge is -2.07. The van der Waals surface area contributed by atoms with E-state index in [4.69, 9.17) is 0 Å². The van der Waals surface area contributed by atoms with Crippen molar-refractivity contribution in [1.82, 2.24) is 29.4 Å². The Balaban J connectivity index is 1.23. The number of amides is 1. The number of carbonyl (C=O) groups excluding carboxylic acids is 1. The number of alkyl halides is 3. The van der Waals surface area contributed by atoms with Crippen molar-refractivity contribution >= 4 is 17.2 Å². The van der Waals surface area contributed by atoms with Crippen LogP contribution in [0.1, 0.15) is 28.2 Å². The average Bonchev–Trinajstić information content (AvgIpc) is 3.47. The van der Waals surface area contributed by atoms with Crippen molar-refractivity contribution in [3.05, 3.63) is 82.3 Å². The highest BCUT2D eigenvalue weighted by molar-refractivity contribution is 5.92. The topological polar surface area (TPSA) is 92.8 Å². The number of carbonyl (C=O) groups is 1. The van der Waals surface area contributed by atoms with E-state index in [0.717, 1.165) is 5.56 Å². The molecule has 0 spiro atoms. The van der Waals surface area contributed by atoms with Gasteiger partial charge in [0.2, 0.25) is 0 Å². The maximum absolute atomic E-state index is 12.7. The van der Waals surface area contributed by atoms with Crippen LogP contribution in [0.3, 0.4) is 0 Å². The Morgan fingerprint density at radius 1 is 1.09 bits per heavy atom. The zero-order chi connectivity index (χ0) is 23.2. The van der Waals surface area contributed by atoms with Crippen LogP contribution in [0, 0.1) is 5.92 Å². The van der Waals surface area contributed by atoms with Crippen molar-refractivity contribution in [3.63, 3.8) is 0 Å². The molecule has 4 aromatic heterocycles. The third-order valence-corrected chi connectivity index (χ3v) is 5.58. The molecule has 0 aromatic carbocycles. The molecule has 0 saturated heterocycles. The number of rotatable bonds is 6. The SMILES string of the molecule is O=C(NCc1cn2cc(CN[C@@H]3C[C@H]3C(F)(F)F)ccc2n1)c1cc(=O)n2ccccc2n1. The first-order valence-electron chi connectivity index (χ1n) is 10.3. The van der Waals surface area contributed by atoms with Crippen molar-refractivity contribution in [2.75, 3.05) is 0 Å². The van der Waals surface area contributed by atoms with Gasteiger partial charge in [0.05, 0.1) is 18.2 Å². The van der Waals surface area contributed by atoms with E-state index >= 15 is 0 Å². The molecular weight excluding hydrogens is 437 g/mol. The number of halogens is 3. The normalized spacial score (nSPS) is 18.0. The predicted molar refractivity (Wildman–Crippen MR) is 113 cm³/mol. The maximum atomic E-state index is 12.7. The summed E-state index contributed by atoms with van der Waals surface area (Å²) in [5, 5.41) is 5.64. The van der Waals surface area contributed by atoms with Crippen LogP contribution < -0.4 is 16.2 Å². The lowest BCUT2D eigenvalue weighted by Crippen LogP contribution is -2.27. The molecule has 11 heteroatoms. The number of fused-ring (bicyclic) bond motifs is 2. The minimum atomic E-state index is -4.15. The van der Waals surface area contributed by atoms with Gasteiger partial charge in [-0.05, 0) is 30.2 Å². The van der Waals surface area contributed by atoms with Crippen molar-refractivity contribution in [2.45, 2.75) is 31.7 Å². The zero-order valence-corrected chi connectivity index (χ0v) is 17.2. The summed E-state index contributed by atoms with van der Waals surface area (Å²) in [5.41, 5.74) is 2.09. The lowest BCUT2D eigenvalue weighted by atomic mass is 10.3. The van der Waals surface area contributed by atoms with Gasteiger partial charge < -0.3 is 15.0 Å². The molecule has 1 amide bonds. The number of aromatic nitrogens is 4. The van der Waals surface area contributed by atoms with E-state index in [2.05, 4.69) is 20.6 Å². The van der Waals surface area contributed by atoms with Gasteiger partial charge >= 0.3 is 6.18 Å². The summed E-state index contributed by atoms with van der Waals surface area (Å²) in [7, 11) is 0. The van der Waals surface area contributed by atoms with Gasteiger partial charge in [-0.1, -0.05) is 12.1 Å². The van der Waals surface area contributed by atoms with E-state index < -0.39 is 24.0 Å². The van der Waals surface area contributed by atoms with Crippen LogP contribution in [-0.2, 0) is 13.1 Å². The molecule has 2 N–H and O–H groups in total. The van der Waals surface area contributed by atoms with E-state index in [-0.39, 0.29) is 24.2 Å². The number of nitrogens with one attached hydrogen (secondary N) is 2. The summed E-state index contributed by atoms with van der Waals surface area (Å²) in [6, 6.07) is 9.27. The van der Waals surface area contributed by atoms with Gasteiger partial charge in [-0.25, -0.2) is 9.97 Å². The fraction of sp³-hybridized carbons (Fsp3) is 0.273. The van der Waals surface area contributed by atoms with Crippen LogP contribution in [0.4, 0.5) is 13.2 Å². The summed E-state index contributed by atoms with van der Waals surface area (Å²) in [6.07, 6.45) is 1.06. The molecule has 2 atom stereocenters. The predicted octanol–water partition coefficient (Wildman–Crippen LogP) is 2.31. The fourth-order valence-electron chi connectivity index (χ4n) is 3.74. The molecule has 1 aliphatic carbocycles. The Kier molecular flexibility index (Phi) is 5.12. The Bertz CT molecular complexity index is 1410.